The second-order valence-electron chi connectivity index (χ2n) is 2.15. The minimum Gasteiger partial charge on any atom is -0.485 e. The smallest absolute Gasteiger partial charge is 0.282 e. The third kappa shape index (κ3) is 2.32. The van der Waals surface area contributed by atoms with Crippen molar-refractivity contribution in [2.75, 3.05) is 0 Å². The number of hydrogen-bond acceptors (Lipinski definition) is 1. The van der Waals surface area contributed by atoms with E-state index in [1.165, 1.54) is 0 Å². The van der Waals surface area contributed by atoms with E-state index in [4.69, 9.17) is 10.8 Å². The largest absolute Gasteiger partial charge is 0.485 e. The molecule has 0 fully saturated rings. The maximum absolute atomic E-state index is 8.65. The summed E-state index contributed by atoms with van der Waals surface area (Å²) in [5.41, 5.74) is 6.24. The van der Waals surface area contributed by atoms with Crippen molar-refractivity contribution in [3.05, 3.63) is 35.9 Å². The van der Waals surface area contributed by atoms with Crippen LogP contribution in [0.1, 0.15) is 5.56 Å². The van der Waals surface area contributed by atoms with Crippen molar-refractivity contribution in [2.45, 2.75) is 0 Å². The number of benzene rings is 1. The van der Waals surface area contributed by atoms with Crippen molar-refractivity contribution in [3.63, 3.8) is 0 Å². The van der Waals surface area contributed by atoms with Gasteiger partial charge in [0.2, 0.25) is 0 Å². The Balaban J connectivity index is 2.93. The topological polar surface area (TPSA) is 58.6 Å². The summed E-state index contributed by atoms with van der Waals surface area (Å²) >= 11 is 4.36. The van der Waals surface area contributed by atoms with Gasteiger partial charge in [0, 0.05) is 5.56 Å². The van der Waals surface area contributed by atoms with Crippen molar-refractivity contribution >= 4 is 23.2 Å². The SMILES string of the molecule is NC(=NC(O)=S)c1ccccc1. The summed E-state index contributed by atoms with van der Waals surface area (Å²) in [6, 6.07) is 9.11. The van der Waals surface area contributed by atoms with E-state index in [1.807, 2.05) is 18.2 Å². The van der Waals surface area contributed by atoms with E-state index in [0.717, 1.165) is 5.56 Å². The number of aliphatic hydroxyl groups excluding tert-OH is 1. The lowest BCUT2D eigenvalue weighted by Crippen LogP contribution is -2.14. The molecule has 3 N–H and O–H groups in total. The molecule has 1 aromatic carbocycles. The monoisotopic (exact) mass is 180 g/mol. The number of hydrogen-bond donors (Lipinski definition) is 2. The van der Waals surface area contributed by atoms with Crippen molar-refractivity contribution in [1.82, 2.24) is 0 Å². The zero-order valence-corrected chi connectivity index (χ0v) is 7.08. The second-order valence-corrected chi connectivity index (χ2v) is 2.51. The summed E-state index contributed by atoms with van der Waals surface area (Å²) in [6.45, 7) is 0. The van der Waals surface area contributed by atoms with Crippen LogP contribution in [0, 0.1) is 0 Å². The van der Waals surface area contributed by atoms with Crippen LogP contribution in [0.4, 0.5) is 0 Å². The first kappa shape index (κ1) is 8.67. The lowest BCUT2D eigenvalue weighted by atomic mass is 10.2. The lowest BCUT2D eigenvalue weighted by molar-refractivity contribution is 0.561. The second kappa shape index (κ2) is 3.82. The molecule has 0 aromatic heterocycles. The van der Waals surface area contributed by atoms with Crippen LogP contribution in [0.5, 0.6) is 0 Å². The van der Waals surface area contributed by atoms with Crippen molar-refractivity contribution < 1.29 is 5.11 Å². The first-order valence-electron chi connectivity index (χ1n) is 3.32. The number of aliphatic hydroxyl groups is 1. The third-order valence-electron chi connectivity index (χ3n) is 1.29. The molecule has 0 amide bonds. The molecule has 0 radical (unpaired) electrons. The zero-order chi connectivity index (χ0) is 8.97. The molecule has 4 heteroatoms. The lowest BCUT2D eigenvalue weighted by Gasteiger charge is -1.97. The standard InChI is InChI=1S/C8H8N2OS/c9-7(10-8(11)12)6-4-2-1-3-5-6/h1-5H,(H3,9,10,11,12). The Bertz CT molecular complexity index is 308. The third-order valence-corrected chi connectivity index (χ3v) is 1.38. The molecular weight excluding hydrogens is 172 g/mol. The fourth-order valence-corrected chi connectivity index (χ4v) is 0.875. The van der Waals surface area contributed by atoms with Crippen LogP contribution in [-0.4, -0.2) is 16.1 Å². The Kier molecular flexibility index (Phi) is 2.76. The molecule has 12 heavy (non-hydrogen) atoms. The highest BCUT2D eigenvalue weighted by molar-refractivity contribution is 7.80. The van der Waals surface area contributed by atoms with E-state index in [0.29, 0.717) is 0 Å². The molecule has 0 atom stereocenters. The summed E-state index contributed by atoms with van der Waals surface area (Å²) in [6.07, 6.45) is 0. The van der Waals surface area contributed by atoms with Crippen LogP contribution in [0.3, 0.4) is 0 Å². The number of rotatable bonds is 1. The van der Waals surface area contributed by atoms with Gasteiger partial charge < -0.3 is 10.8 Å². The predicted molar refractivity (Wildman–Crippen MR) is 52.4 cm³/mol. The van der Waals surface area contributed by atoms with Crippen LogP contribution in [0.25, 0.3) is 0 Å². The molecule has 0 aliphatic heterocycles. The van der Waals surface area contributed by atoms with Gasteiger partial charge in [0.15, 0.2) is 0 Å². The van der Waals surface area contributed by atoms with Gasteiger partial charge in [0.1, 0.15) is 5.84 Å². The summed E-state index contributed by atoms with van der Waals surface area (Å²) in [5, 5.41) is 8.20. The van der Waals surface area contributed by atoms with Crippen LogP contribution in [0.15, 0.2) is 35.3 Å². The van der Waals surface area contributed by atoms with Crippen LogP contribution >= 0.6 is 12.2 Å². The first-order chi connectivity index (χ1) is 5.70. The van der Waals surface area contributed by atoms with Crippen molar-refractivity contribution in [3.8, 4) is 0 Å². The van der Waals surface area contributed by atoms with E-state index < -0.39 is 5.17 Å². The van der Waals surface area contributed by atoms with Gasteiger partial charge in [-0.25, -0.2) is 0 Å². The summed E-state index contributed by atoms with van der Waals surface area (Å²) in [5.74, 6) is 0.225. The summed E-state index contributed by atoms with van der Waals surface area (Å²) in [4.78, 5) is 3.53. The predicted octanol–water partition coefficient (Wildman–Crippen LogP) is 1.23. The van der Waals surface area contributed by atoms with Gasteiger partial charge in [-0.2, -0.15) is 4.99 Å². The van der Waals surface area contributed by atoms with Gasteiger partial charge in [0.05, 0.1) is 0 Å². The first-order valence-corrected chi connectivity index (χ1v) is 3.73. The normalized spacial score (nSPS) is 11.2. The molecule has 0 saturated carbocycles. The molecular formula is C8H8N2OS. The Morgan fingerprint density at radius 3 is 2.42 bits per heavy atom. The molecule has 0 aliphatic carbocycles. The van der Waals surface area contributed by atoms with E-state index in [9.17, 15) is 0 Å². The highest BCUT2D eigenvalue weighted by atomic mass is 32.1. The minimum atomic E-state index is -0.448. The average molecular weight is 180 g/mol. The zero-order valence-electron chi connectivity index (χ0n) is 6.27. The molecule has 1 rings (SSSR count). The van der Waals surface area contributed by atoms with Gasteiger partial charge in [-0.3, -0.25) is 0 Å². The summed E-state index contributed by atoms with van der Waals surface area (Å²) in [7, 11) is 0. The Morgan fingerprint density at radius 2 is 1.92 bits per heavy atom. The van der Waals surface area contributed by atoms with Crippen molar-refractivity contribution in [1.29, 1.82) is 0 Å². The number of nitrogens with zero attached hydrogens (tertiary/aromatic N) is 1. The fraction of sp³-hybridized carbons (Fsp3) is 0. The van der Waals surface area contributed by atoms with Crippen molar-refractivity contribution in [2.24, 2.45) is 10.7 Å². The van der Waals surface area contributed by atoms with E-state index in [1.54, 1.807) is 12.1 Å². The fourth-order valence-electron chi connectivity index (χ4n) is 0.777. The molecule has 3 nitrogen and oxygen atoms in total. The molecule has 0 saturated heterocycles. The molecule has 62 valence electrons. The highest BCUT2D eigenvalue weighted by Crippen LogP contribution is 1.97. The van der Waals surface area contributed by atoms with E-state index >= 15 is 0 Å². The van der Waals surface area contributed by atoms with Gasteiger partial charge in [-0.15, -0.1) is 0 Å². The molecule has 0 unspecified atom stereocenters. The molecule has 0 spiro atoms. The van der Waals surface area contributed by atoms with Gasteiger partial charge in [0.25, 0.3) is 5.17 Å². The molecule has 0 aliphatic rings. The number of nitrogens with two attached hydrogens (primary N) is 1. The molecule has 1 aromatic rings. The summed E-state index contributed by atoms with van der Waals surface area (Å²) < 4.78 is 0. The Morgan fingerprint density at radius 1 is 1.33 bits per heavy atom. The van der Waals surface area contributed by atoms with Crippen LogP contribution in [-0.2, 0) is 0 Å². The van der Waals surface area contributed by atoms with Gasteiger partial charge >= 0.3 is 0 Å². The molecule has 0 bridgehead atoms. The maximum atomic E-state index is 8.65. The van der Waals surface area contributed by atoms with Gasteiger partial charge in [-0.05, 0) is 12.2 Å². The number of aliphatic imine (C=N–C) groups is 1. The van der Waals surface area contributed by atoms with Crippen LogP contribution < -0.4 is 5.73 Å². The minimum absolute atomic E-state index is 0.225. The highest BCUT2D eigenvalue weighted by Gasteiger charge is 1.96. The number of thiocarbonyl (C=S) groups is 1. The van der Waals surface area contributed by atoms with E-state index in [2.05, 4.69) is 17.2 Å². The molecule has 0 heterocycles. The quantitative estimate of drug-likeness (QED) is 0.388. The Labute approximate surface area is 75.5 Å². The maximum Gasteiger partial charge on any atom is 0.282 e. The Hall–Kier alpha value is -1.42. The van der Waals surface area contributed by atoms with Gasteiger partial charge in [-0.1, -0.05) is 30.3 Å². The number of amidine groups is 1. The van der Waals surface area contributed by atoms with Crippen LogP contribution in [0.2, 0.25) is 0 Å². The van der Waals surface area contributed by atoms with E-state index in [-0.39, 0.29) is 5.84 Å². The average Bonchev–Trinajstić information content (AvgIpc) is 2.05.